The number of fused-ring (bicyclic) bond motifs is 1. The van der Waals surface area contributed by atoms with Gasteiger partial charge in [-0.1, -0.05) is 19.3 Å². The molecule has 0 radical (unpaired) electrons. The van der Waals surface area contributed by atoms with Gasteiger partial charge in [-0.15, -0.1) is 0 Å². The maximum atomic E-state index is 13.2. The number of ketones is 1. The van der Waals surface area contributed by atoms with Crippen LogP contribution in [0.15, 0.2) is 6.20 Å². The molecule has 0 spiro atoms. The van der Waals surface area contributed by atoms with Crippen molar-refractivity contribution in [2.45, 2.75) is 63.6 Å². The second kappa shape index (κ2) is 4.93. The molecule has 0 N–H and O–H groups in total. The first-order chi connectivity index (χ1) is 9.48. The quantitative estimate of drug-likeness (QED) is 0.743. The molecule has 0 saturated heterocycles. The fourth-order valence-electron chi connectivity index (χ4n) is 3.57. The molecule has 1 heterocycles. The van der Waals surface area contributed by atoms with E-state index in [1.54, 1.807) is 4.57 Å². The molecular formula is C15H18F3NO. The first-order valence-electron chi connectivity index (χ1n) is 7.32. The Bertz CT molecular complexity index is 524. The lowest BCUT2D eigenvalue weighted by atomic mass is 9.92. The number of nitrogens with zero attached hydrogens (tertiary/aromatic N) is 1. The van der Waals surface area contributed by atoms with Crippen molar-refractivity contribution in [1.82, 2.24) is 4.57 Å². The third-order valence-electron chi connectivity index (χ3n) is 4.51. The summed E-state index contributed by atoms with van der Waals surface area (Å²) < 4.78 is 41.3. The number of rotatable bonds is 1. The number of hydrogen-bond acceptors (Lipinski definition) is 1. The standard InChI is InChI=1S/C15H18F3NO/c16-15(17,18)11-9-19(10-5-2-1-3-6-10)12-7-4-8-13(20)14(11)12/h9-10H,1-8H2. The summed E-state index contributed by atoms with van der Waals surface area (Å²) in [5.41, 5.74) is -0.141. The van der Waals surface area contributed by atoms with E-state index in [1.165, 1.54) is 6.20 Å². The van der Waals surface area contributed by atoms with Gasteiger partial charge in [0.25, 0.3) is 0 Å². The van der Waals surface area contributed by atoms with Crippen LogP contribution in [0.2, 0.25) is 0 Å². The summed E-state index contributed by atoms with van der Waals surface area (Å²) in [7, 11) is 0. The van der Waals surface area contributed by atoms with Gasteiger partial charge in [-0.25, -0.2) is 0 Å². The summed E-state index contributed by atoms with van der Waals surface area (Å²) in [6, 6.07) is 0.138. The van der Waals surface area contributed by atoms with E-state index in [0.29, 0.717) is 18.5 Å². The van der Waals surface area contributed by atoms with Crippen molar-refractivity contribution in [1.29, 1.82) is 0 Å². The summed E-state index contributed by atoms with van der Waals surface area (Å²) in [6.07, 6.45) is 3.39. The van der Waals surface area contributed by atoms with Crippen molar-refractivity contribution < 1.29 is 18.0 Å². The number of carbonyl (C=O) groups excluding carboxylic acids is 1. The highest BCUT2D eigenvalue weighted by Gasteiger charge is 2.40. The Morgan fingerprint density at radius 2 is 1.75 bits per heavy atom. The second-order valence-corrected chi connectivity index (χ2v) is 5.84. The van der Waals surface area contributed by atoms with Crippen LogP contribution in [0, 0.1) is 0 Å². The predicted octanol–water partition coefficient (Wildman–Crippen LogP) is 4.53. The molecular weight excluding hydrogens is 267 g/mol. The van der Waals surface area contributed by atoms with Crippen LogP contribution < -0.4 is 0 Å². The van der Waals surface area contributed by atoms with Gasteiger partial charge < -0.3 is 4.57 Å². The molecule has 0 aromatic carbocycles. The van der Waals surface area contributed by atoms with E-state index in [0.717, 1.165) is 32.1 Å². The molecule has 2 nitrogen and oxygen atoms in total. The third kappa shape index (κ3) is 2.27. The summed E-state index contributed by atoms with van der Waals surface area (Å²) in [6.45, 7) is 0. The molecule has 1 aromatic rings. The summed E-state index contributed by atoms with van der Waals surface area (Å²) in [5.74, 6) is -0.340. The number of alkyl halides is 3. The van der Waals surface area contributed by atoms with Crippen LogP contribution in [0.4, 0.5) is 13.2 Å². The average Bonchev–Trinajstić information content (AvgIpc) is 2.81. The van der Waals surface area contributed by atoms with Gasteiger partial charge in [0.15, 0.2) is 5.78 Å². The number of carbonyl (C=O) groups is 1. The minimum atomic E-state index is -4.43. The van der Waals surface area contributed by atoms with Crippen LogP contribution in [0.3, 0.4) is 0 Å². The maximum Gasteiger partial charge on any atom is 0.418 e. The normalized spacial score (nSPS) is 21.1. The lowest BCUT2D eigenvalue weighted by Crippen LogP contribution is -2.19. The van der Waals surface area contributed by atoms with Crippen LogP contribution >= 0.6 is 0 Å². The number of Topliss-reactive ketones (excluding diaryl/α,β-unsaturated/α-hetero) is 1. The van der Waals surface area contributed by atoms with Crippen molar-refractivity contribution in [3.8, 4) is 0 Å². The highest BCUT2D eigenvalue weighted by molar-refractivity contribution is 5.99. The number of aromatic nitrogens is 1. The Kier molecular flexibility index (Phi) is 3.38. The molecule has 1 saturated carbocycles. The van der Waals surface area contributed by atoms with E-state index in [1.807, 2.05) is 0 Å². The maximum absolute atomic E-state index is 13.2. The molecule has 20 heavy (non-hydrogen) atoms. The van der Waals surface area contributed by atoms with Gasteiger partial charge in [0, 0.05) is 24.4 Å². The molecule has 110 valence electrons. The van der Waals surface area contributed by atoms with E-state index < -0.39 is 11.7 Å². The molecule has 0 unspecified atom stereocenters. The SMILES string of the molecule is O=C1CCCc2c1c(C(F)(F)F)cn2C1CCCCC1. The minimum Gasteiger partial charge on any atom is -0.347 e. The molecule has 0 bridgehead atoms. The van der Waals surface area contributed by atoms with Crippen molar-refractivity contribution in [3.63, 3.8) is 0 Å². The highest BCUT2D eigenvalue weighted by atomic mass is 19.4. The van der Waals surface area contributed by atoms with Crippen molar-refractivity contribution in [2.75, 3.05) is 0 Å². The molecule has 0 amide bonds. The Balaban J connectivity index is 2.09. The molecule has 1 fully saturated rings. The van der Waals surface area contributed by atoms with Gasteiger partial charge in [0.2, 0.25) is 0 Å². The molecule has 2 aliphatic rings. The first kappa shape index (κ1) is 13.7. The monoisotopic (exact) mass is 285 g/mol. The number of halogens is 3. The zero-order valence-electron chi connectivity index (χ0n) is 11.3. The fourth-order valence-corrected chi connectivity index (χ4v) is 3.57. The summed E-state index contributed by atoms with van der Waals surface area (Å²) in [5, 5.41) is 0. The number of hydrogen-bond donors (Lipinski definition) is 0. The van der Waals surface area contributed by atoms with Gasteiger partial charge in [0.05, 0.1) is 11.1 Å². The Hall–Kier alpha value is -1.26. The average molecular weight is 285 g/mol. The lowest BCUT2D eigenvalue weighted by molar-refractivity contribution is -0.138. The summed E-state index contributed by atoms with van der Waals surface area (Å²) >= 11 is 0. The largest absolute Gasteiger partial charge is 0.418 e. The van der Waals surface area contributed by atoms with Crippen LogP contribution in [-0.4, -0.2) is 10.4 Å². The zero-order chi connectivity index (χ0) is 14.3. The third-order valence-corrected chi connectivity index (χ3v) is 4.51. The molecule has 1 aromatic heterocycles. The van der Waals surface area contributed by atoms with Crippen molar-refractivity contribution >= 4 is 5.78 Å². The van der Waals surface area contributed by atoms with Crippen LogP contribution in [-0.2, 0) is 12.6 Å². The van der Waals surface area contributed by atoms with Gasteiger partial charge in [0.1, 0.15) is 0 Å². The van der Waals surface area contributed by atoms with E-state index >= 15 is 0 Å². The van der Waals surface area contributed by atoms with Crippen molar-refractivity contribution in [2.24, 2.45) is 0 Å². The zero-order valence-corrected chi connectivity index (χ0v) is 11.3. The summed E-state index contributed by atoms with van der Waals surface area (Å²) in [4.78, 5) is 11.9. The molecule has 5 heteroatoms. The van der Waals surface area contributed by atoms with E-state index in [9.17, 15) is 18.0 Å². The van der Waals surface area contributed by atoms with Crippen molar-refractivity contribution in [3.05, 3.63) is 23.0 Å². The topological polar surface area (TPSA) is 22.0 Å². The predicted molar refractivity (Wildman–Crippen MR) is 68.8 cm³/mol. The molecule has 0 aliphatic heterocycles. The van der Waals surface area contributed by atoms with Gasteiger partial charge in [-0.3, -0.25) is 4.79 Å². The first-order valence-corrected chi connectivity index (χ1v) is 7.32. The minimum absolute atomic E-state index is 0.0469. The fraction of sp³-hybridized carbons (Fsp3) is 0.667. The lowest BCUT2D eigenvalue weighted by Gasteiger charge is -2.26. The Labute approximate surface area is 116 Å². The molecule has 3 rings (SSSR count). The van der Waals surface area contributed by atoms with E-state index in [2.05, 4.69) is 0 Å². The van der Waals surface area contributed by atoms with E-state index in [4.69, 9.17) is 0 Å². The molecule has 2 aliphatic carbocycles. The Morgan fingerprint density at radius 3 is 2.40 bits per heavy atom. The highest BCUT2D eigenvalue weighted by Crippen LogP contribution is 2.41. The Morgan fingerprint density at radius 1 is 1.05 bits per heavy atom. The van der Waals surface area contributed by atoms with Gasteiger partial charge >= 0.3 is 6.18 Å². The van der Waals surface area contributed by atoms with Crippen LogP contribution in [0.25, 0.3) is 0 Å². The molecule has 0 atom stereocenters. The second-order valence-electron chi connectivity index (χ2n) is 5.84. The van der Waals surface area contributed by atoms with E-state index in [-0.39, 0.29) is 23.8 Å². The van der Waals surface area contributed by atoms with Crippen LogP contribution in [0.1, 0.15) is 72.6 Å². The van der Waals surface area contributed by atoms with Gasteiger partial charge in [-0.05, 0) is 25.7 Å². The smallest absolute Gasteiger partial charge is 0.347 e. The van der Waals surface area contributed by atoms with Gasteiger partial charge in [-0.2, -0.15) is 13.2 Å². The van der Waals surface area contributed by atoms with Crippen LogP contribution in [0.5, 0.6) is 0 Å².